The summed E-state index contributed by atoms with van der Waals surface area (Å²) in [6, 6.07) is 20.3. The number of benzene rings is 3. The van der Waals surface area contributed by atoms with Crippen LogP contribution in [-0.4, -0.2) is 12.5 Å². The van der Waals surface area contributed by atoms with Gasteiger partial charge in [-0.2, -0.15) is 0 Å². The fourth-order valence-electron chi connectivity index (χ4n) is 2.55. The lowest BCUT2D eigenvalue weighted by Crippen LogP contribution is -2.14. The number of nitrogens with one attached hydrogen (secondary N) is 1. The van der Waals surface area contributed by atoms with Crippen LogP contribution in [0.2, 0.25) is 10.0 Å². The van der Waals surface area contributed by atoms with Crippen LogP contribution in [0.25, 0.3) is 0 Å². The summed E-state index contributed by atoms with van der Waals surface area (Å²) in [5, 5.41) is 3.71. The summed E-state index contributed by atoms with van der Waals surface area (Å²) < 4.78 is 6.65. The highest BCUT2D eigenvalue weighted by Crippen LogP contribution is 2.27. The molecule has 0 aliphatic rings. The number of halogens is 3. The van der Waals surface area contributed by atoms with E-state index in [0.717, 1.165) is 10.9 Å². The lowest BCUT2D eigenvalue weighted by molar-refractivity contribution is 0.102. The summed E-state index contributed by atoms with van der Waals surface area (Å²) in [7, 11) is 0. The second kappa shape index (κ2) is 9.27. The maximum absolute atomic E-state index is 12.7. The predicted octanol–water partition coefficient (Wildman–Crippen LogP) is 6.63. The Labute approximate surface area is 176 Å². The molecule has 6 heteroatoms. The SMILES string of the molecule is O=C(Nc1cc(Cl)cc(Cl)c1)c1cc(Br)ccc1OCCc1ccccc1. The third-order valence-electron chi connectivity index (χ3n) is 3.80. The van der Waals surface area contributed by atoms with Crippen LogP contribution in [0.3, 0.4) is 0 Å². The topological polar surface area (TPSA) is 38.3 Å². The fourth-order valence-corrected chi connectivity index (χ4v) is 3.44. The monoisotopic (exact) mass is 463 g/mol. The minimum atomic E-state index is -0.302. The third kappa shape index (κ3) is 5.73. The molecule has 0 unspecified atom stereocenters. The van der Waals surface area contributed by atoms with Gasteiger partial charge < -0.3 is 10.1 Å². The molecule has 0 heterocycles. The zero-order chi connectivity index (χ0) is 19.2. The molecule has 138 valence electrons. The minimum Gasteiger partial charge on any atom is -0.492 e. The lowest BCUT2D eigenvalue weighted by Gasteiger charge is -2.13. The largest absolute Gasteiger partial charge is 0.492 e. The maximum atomic E-state index is 12.7. The molecular formula is C21H16BrCl2NO2. The van der Waals surface area contributed by atoms with Crippen LogP contribution in [0.15, 0.2) is 71.2 Å². The molecule has 0 radical (unpaired) electrons. The summed E-state index contributed by atoms with van der Waals surface area (Å²) in [4.78, 5) is 12.7. The molecule has 0 spiro atoms. The van der Waals surface area contributed by atoms with Gasteiger partial charge in [-0.05, 0) is 42.0 Å². The van der Waals surface area contributed by atoms with Gasteiger partial charge in [0.25, 0.3) is 5.91 Å². The Hall–Kier alpha value is -2.01. The Balaban J connectivity index is 1.73. The van der Waals surface area contributed by atoms with E-state index < -0.39 is 0 Å². The average Bonchev–Trinajstić information content (AvgIpc) is 2.63. The van der Waals surface area contributed by atoms with Crippen molar-refractivity contribution in [2.75, 3.05) is 11.9 Å². The van der Waals surface area contributed by atoms with E-state index in [9.17, 15) is 4.79 Å². The van der Waals surface area contributed by atoms with Crippen LogP contribution < -0.4 is 10.1 Å². The van der Waals surface area contributed by atoms with Crippen LogP contribution >= 0.6 is 39.1 Å². The van der Waals surface area contributed by atoms with Crippen molar-refractivity contribution in [3.63, 3.8) is 0 Å². The molecule has 3 nitrogen and oxygen atoms in total. The molecule has 0 aliphatic heterocycles. The Morgan fingerprint density at radius 2 is 1.67 bits per heavy atom. The van der Waals surface area contributed by atoms with Crippen molar-refractivity contribution in [2.45, 2.75) is 6.42 Å². The molecule has 1 amide bonds. The molecular weight excluding hydrogens is 449 g/mol. The van der Waals surface area contributed by atoms with Crippen LogP contribution in [0.1, 0.15) is 15.9 Å². The normalized spacial score (nSPS) is 10.5. The number of hydrogen-bond acceptors (Lipinski definition) is 2. The molecule has 0 saturated heterocycles. The number of ether oxygens (including phenoxy) is 1. The van der Waals surface area contributed by atoms with Crippen molar-refractivity contribution in [1.29, 1.82) is 0 Å². The highest BCUT2D eigenvalue weighted by atomic mass is 79.9. The Bertz CT molecular complexity index is 928. The molecule has 3 aromatic carbocycles. The van der Waals surface area contributed by atoms with Gasteiger partial charge in [0.2, 0.25) is 0 Å². The molecule has 27 heavy (non-hydrogen) atoms. The molecule has 0 fully saturated rings. The first-order valence-corrected chi connectivity index (χ1v) is 9.80. The van der Waals surface area contributed by atoms with E-state index in [0.29, 0.717) is 33.7 Å². The quantitative estimate of drug-likeness (QED) is 0.444. The van der Waals surface area contributed by atoms with E-state index in [1.165, 1.54) is 5.56 Å². The summed E-state index contributed by atoms with van der Waals surface area (Å²) in [6.07, 6.45) is 0.752. The molecule has 0 aromatic heterocycles. The van der Waals surface area contributed by atoms with E-state index >= 15 is 0 Å². The highest BCUT2D eigenvalue weighted by molar-refractivity contribution is 9.10. The minimum absolute atomic E-state index is 0.302. The molecule has 0 saturated carbocycles. The smallest absolute Gasteiger partial charge is 0.259 e. The van der Waals surface area contributed by atoms with Gasteiger partial charge in [0.15, 0.2) is 0 Å². The van der Waals surface area contributed by atoms with Crippen molar-refractivity contribution in [2.24, 2.45) is 0 Å². The zero-order valence-corrected chi connectivity index (χ0v) is 17.3. The molecule has 0 atom stereocenters. The van der Waals surface area contributed by atoms with Crippen LogP contribution in [0.5, 0.6) is 5.75 Å². The average molecular weight is 465 g/mol. The number of hydrogen-bond donors (Lipinski definition) is 1. The molecule has 3 rings (SSSR count). The lowest BCUT2D eigenvalue weighted by atomic mass is 10.1. The van der Waals surface area contributed by atoms with Gasteiger partial charge >= 0.3 is 0 Å². The summed E-state index contributed by atoms with van der Waals surface area (Å²) in [5.41, 5.74) is 2.12. The number of rotatable bonds is 6. The molecule has 3 aromatic rings. The number of amides is 1. The zero-order valence-electron chi connectivity index (χ0n) is 14.2. The van der Waals surface area contributed by atoms with Crippen molar-refractivity contribution in [3.05, 3.63) is 92.4 Å². The Kier molecular flexibility index (Phi) is 6.78. The van der Waals surface area contributed by atoms with E-state index in [1.807, 2.05) is 36.4 Å². The van der Waals surface area contributed by atoms with E-state index in [1.54, 1.807) is 30.3 Å². The third-order valence-corrected chi connectivity index (χ3v) is 4.73. The van der Waals surface area contributed by atoms with Crippen LogP contribution in [0, 0.1) is 0 Å². The van der Waals surface area contributed by atoms with Gasteiger partial charge in [0.1, 0.15) is 5.75 Å². The van der Waals surface area contributed by atoms with Crippen molar-refractivity contribution in [1.82, 2.24) is 0 Å². The first-order chi connectivity index (χ1) is 13.0. The number of carbonyl (C=O) groups excluding carboxylic acids is 1. The van der Waals surface area contributed by atoms with Gasteiger partial charge in [0.05, 0.1) is 12.2 Å². The van der Waals surface area contributed by atoms with Crippen LogP contribution in [-0.2, 0) is 6.42 Å². The standard InChI is InChI=1S/C21H16BrCl2NO2/c22-15-6-7-20(27-9-8-14-4-2-1-3-5-14)19(10-15)21(26)25-18-12-16(23)11-17(24)13-18/h1-7,10-13H,8-9H2,(H,25,26). The van der Waals surface area contributed by atoms with Crippen molar-refractivity contribution in [3.8, 4) is 5.75 Å². The second-order valence-corrected chi connectivity index (χ2v) is 7.63. The summed E-state index contributed by atoms with van der Waals surface area (Å²) in [5.74, 6) is 0.212. The van der Waals surface area contributed by atoms with E-state index in [4.69, 9.17) is 27.9 Å². The van der Waals surface area contributed by atoms with Crippen molar-refractivity contribution < 1.29 is 9.53 Å². The fraction of sp³-hybridized carbons (Fsp3) is 0.0952. The Morgan fingerprint density at radius 1 is 0.963 bits per heavy atom. The van der Waals surface area contributed by atoms with E-state index in [-0.39, 0.29) is 5.91 Å². The summed E-state index contributed by atoms with van der Waals surface area (Å²) in [6.45, 7) is 0.467. The first-order valence-electron chi connectivity index (χ1n) is 8.25. The molecule has 0 bridgehead atoms. The van der Waals surface area contributed by atoms with Gasteiger partial charge in [-0.15, -0.1) is 0 Å². The molecule has 0 aliphatic carbocycles. The Morgan fingerprint density at radius 3 is 2.37 bits per heavy atom. The van der Waals surface area contributed by atoms with Crippen LogP contribution in [0.4, 0.5) is 5.69 Å². The second-order valence-electron chi connectivity index (χ2n) is 5.84. The highest BCUT2D eigenvalue weighted by Gasteiger charge is 2.14. The predicted molar refractivity (Wildman–Crippen MR) is 114 cm³/mol. The summed E-state index contributed by atoms with van der Waals surface area (Å²) >= 11 is 15.4. The number of anilines is 1. The molecule has 1 N–H and O–H groups in total. The number of carbonyl (C=O) groups is 1. The van der Waals surface area contributed by atoms with Gasteiger partial charge in [-0.1, -0.05) is 69.5 Å². The van der Waals surface area contributed by atoms with Crippen molar-refractivity contribution >= 4 is 50.7 Å². The van der Waals surface area contributed by atoms with Gasteiger partial charge in [0, 0.05) is 26.6 Å². The first kappa shape index (κ1) is 19.7. The van der Waals surface area contributed by atoms with E-state index in [2.05, 4.69) is 21.2 Å². The van der Waals surface area contributed by atoms with Gasteiger partial charge in [-0.25, -0.2) is 0 Å². The van der Waals surface area contributed by atoms with Gasteiger partial charge in [-0.3, -0.25) is 4.79 Å². The maximum Gasteiger partial charge on any atom is 0.259 e.